The Balaban J connectivity index is 2.02. The van der Waals surface area contributed by atoms with Gasteiger partial charge in [0.05, 0.1) is 11.0 Å². The fourth-order valence-corrected chi connectivity index (χ4v) is 2.26. The lowest BCUT2D eigenvalue weighted by molar-refractivity contribution is -0.117. The summed E-state index contributed by atoms with van der Waals surface area (Å²) in [5.41, 5.74) is 1.93. The molecule has 5 nitrogen and oxygen atoms in total. The molecular formula is C13H11N3O2. The number of amides is 1. The van der Waals surface area contributed by atoms with E-state index in [9.17, 15) is 9.59 Å². The van der Waals surface area contributed by atoms with Crippen molar-refractivity contribution in [3.8, 4) is 12.3 Å². The minimum atomic E-state index is -0.253. The molecule has 18 heavy (non-hydrogen) atoms. The Morgan fingerprint density at radius 3 is 2.78 bits per heavy atom. The summed E-state index contributed by atoms with van der Waals surface area (Å²) in [5.74, 6) is 2.60. The van der Waals surface area contributed by atoms with Crippen LogP contribution >= 0.6 is 0 Å². The third-order valence-electron chi connectivity index (χ3n) is 3.17. The zero-order chi connectivity index (χ0) is 12.7. The van der Waals surface area contributed by atoms with Gasteiger partial charge in [0, 0.05) is 24.6 Å². The highest BCUT2D eigenvalue weighted by Gasteiger charge is 2.29. The quantitative estimate of drug-likeness (QED) is 0.726. The van der Waals surface area contributed by atoms with Crippen LogP contribution in [0.3, 0.4) is 0 Å². The first kappa shape index (κ1) is 10.7. The van der Waals surface area contributed by atoms with E-state index in [0.29, 0.717) is 18.5 Å². The predicted octanol–water partition coefficient (Wildman–Crippen LogP) is 0.842. The van der Waals surface area contributed by atoms with E-state index < -0.39 is 0 Å². The van der Waals surface area contributed by atoms with E-state index in [-0.39, 0.29) is 17.5 Å². The van der Waals surface area contributed by atoms with E-state index in [1.807, 2.05) is 6.07 Å². The second-order valence-corrected chi connectivity index (χ2v) is 4.38. The number of nitrogens with zero attached hydrogens (tertiary/aromatic N) is 1. The van der Waals surface area contributed by atoms with E-state index in [1.54, 1.807) is 17.0 Å². The maximum absolute atomic E-state index is 11.8. The maximum Gasteiger partial charge on any atom is 0.323 e. The third-order valence-corrected chi connectivity index (χ3v) is 3.17. The van der Waals surface area contributed by atoms with Crippen molar-refractivity contribution in [3.05, 3.63) is 28.7 Å². The molecule has 1 fully saturated rings. The summed E-state index contributed by atoms with van der Waals surface area (Å²) in [6.07, 6.45) is 5.74. The molecule has 1 aliphatic heterocycles. The van der Waals surface area contributed by atoms with Crippen molar-refractivity contribution in [1.29, 1.82) is 0 Å². The maximum atomic E-state index is 11.8. The second-order valence-electron chi connectivity index (χ2n) is 4.38. The number of fused-ring (bicyclic) bond motifs is 1. The van der Waals surface area contributed by atoms with Gasteiger partial charge >= 0.3 is 5.69 Å². The van der Waals surface area contributed by atoms with Crippen LogP contribution in [0.5, 0.6) is 0 Å². The first-order valence-corrected chi connectivity index (χ1v) is 5.66. The summed E-state index contributed by atoms with van der Waals surface area (Å²) in [7, 11) is 0. The van der Waals surface area contributed by atoms with Gasteiger partial charge in [-0.1, -0.05) is 0 Å². The van der Waals surface area contributed by atoms with Gasteiger partial charge in [-0.2, -0.15) is 0 Å². The molecule has 0 saturated carbocycles. The molecular weight excluding hydrogens is 230 g/mol. The lowest BCUT2D eigenvalue weighted by Gasteiger charge is -2.15. The van der Waals surface area contributed by atoms with E-state index in [4.69, 9.17) is 6.42 Å². The molecule has 1 saturated heterocycles. The van der Waals surface area contributed by atoms with Gasteiger partial charge in [0.25, 0.3) is 0 Å². The largest absolute Gasteiger partial charge is 0.323 e. The minimum absolute atomic E-state index is 0.0233. The van der Waals surface area contributed by atoms with E-state index in [1.165, 1.54) is 0 Å². The van der Waals surface area contributed by atoms with Crippen molar-refractivity contribution < 1.29 is 4.79 Å². The average molecular weight is 241 g/mol. The number of aromatic nitrogens is 2. The molecule has 1 aromatic heterocycles. The first-order valence-electron chi connectivity index (χ1n) is 5.66. The van der Waals surface area contributed by atoms with Crippen LogP contribution in [0.1, 0.15) is 6.42 Å². The number of hydrogen-bond acceptors (Lipinski definition) is 2. The van der Waals surface area contributed by atoms with E-state index >= 15 is 0 Å². The van der Waals surface area contributed by atoms with Crippen LogP contribution in [0, 0.1) is 18.3 Å². The van der Waals surface area contributed by atoms with Gasteiger partial charge < -0.3 is 14.9 Å². The summed E-state index contributed by atoms with van der Waals surface area (Å²) < 4.78 is 0. The molecule has 2 N–H and O–H groups in total. The molecule has 3 rings (SSSR count). The monoisotopic (exact) mass is 241 g/mol. The number of terminal acetylenes is 1. The number of anilines is 1. The molecule has 1 unspecified atom stereocenters. The molecule has 2 aromatic rings. The SMILES string of the molecule is C#CC1CC(=O)N(c2ccc3[nH]c(=O)[nH]c3c2)C1. The van der Waals surface area contributed by atoms with Crippen molar-refractivity contribution in [3.63, 3.8) is 0 Å². The zero-order valence-electron chi connectivity index (χ0n) is 9.56. The Labute approximate surface area is 103 Å². The van der Waals surface area contributed by atoms with Crippen molar-refractivity contribution in [1.82, 2.24) is 9.97 Å². The Bertz CT molecular complexity index is 720. The summed E-state index contributed by atoms with van der Waals surface area (Å²) in [6.45, 7) is 0.537. The molecule has 5 heteroatoms. The molecule has 1 atom stereocenters. The van der Waals surface area contributed by atoms with Gasteiger partial charge in [-0.25, -0.2) is 4.79 Å². The lowest BCUT2D eigenvalue weighted by atomic mass is 10.1. The topological polar surface area (TPSA) is 69.0 Å². The highest BCUT2D eigenvalue weighted by molar-refractivity contribution is 5.97. The average Bonchev–Trinajstić information content (AvgIpc) is 2.89. The van der Waals surface area contributed by atoms with Crippen LogP contribution < -0.4 is 10.6 Å². The van der Waals surface area contributed by atoms with Crippen LogP contribution in [0.4, 0.5) is 5.69 Å². The summed E-state index contributed by atoms with van der Waals surface area (Å²) in [5, 5.41) is 0. The van der Waals surface area contributed by atoms with Crippen LogP contribution in [0.2, 0.25) is 0 Å². The molecule has 0 spiro atoms. The molecule has 0 aliphatic carbocycles. The van der Waals surface area contributed by atoms with E-state index in [2.05, 4.69) is 15.9 Å². The number of nitrogens with one attached hydrogen (secondary N) is 2. The van der Waals surface area contributed by atoms with Gasteiger partial charge in [-0.15, -0.1) is 12.3 Å². The number of imidazole rings is 1. The Morgan fingerprint density at radius 2 is 2.06 bits per heavy atom. The number of rotatable bonds is 1. The standard InChI is InChI=1S/C13H11N3O2/c1-2-8-5-12(17)16(7-8)9-3-4-10-11(6-9)15-13(18)14-10/h1,3-4,6,8H,5,7H2,(H2,14,15,18). The summed E-state index contributed by atoms with van der Waals surface area (Å²) in [4.78, 5) is 30.0. The second kappa shape index (κ2) is 3.77. The highest BCUT2D eigenvalue weighted by Crippen LogP contribution is 2.26. The first-order chi connectivity index (χ1) is 8.67. The van der Waals surface area contributed by atoms with Gasteiger partial charge in [-0.3, -0.25) is 4.79 Å². The van der Waals surface area contributed by atoms with Crippen molar-refractivity contribution in [2.45, 2.75) is 6.42 Å². The molecule has 1 aromatic carbocycles. The van der Waals surface area contributed by atoms with Crippen LogP contribution in [-0.2, 0) is 4.79 Å². The Morgan fingerprint density at radius 1 is 1.28 bits per heavy atom. The van der Waals surface area contributed by atoms with Crippen molar-refractivity contribution in [2.75, 3.05) is 11.4 Å². The van der Waals surface area contributed by atoms with Gasteiger partial charge in [0.2, 0.25) is 5.91 Å². The summed E-state index contributed by atoms with van der Waals surface area (Å²) in [6, 6.07) is 5.37. The number of H-pyrrole nitrogens is 2. The fourth-order valence-electron chi connectivity index (χ4n) is 2.26. The number of aromatic amines is 2. The Kier molecular flexibility index (Phi) is 2.23. The number of carbonyl (C=O) groups excluding carboxylic acids is 1. The fraction of sp³-hybridized carbons (Fsp3) is 0.231. The van der Waals surface area contributed by atoms with Crippen LogP contribution in [0.25, 0.3) is 11.0 Å². The van der Waals surface area contributed by atoms with Crippen LogP contribution in [-0.4, -0.2) is 22.4 Å². The van der Waals surface area contributed by atoms with Crippen LogP contribution in [0.15, 0.2) is 23.0 Å². The predicted molar refractivity (Wildman–Crippen MR) is 68.2 cm³/mol. The molecule has 2 heterocycles. The third kappa shape index (κ3) is 1.59. The van der Waals surface area contributed by atoms with Gasteiger partial charge in [0.15, 0.2) is 0 Å². The normalized spacial score (nSPS) is 19.4. The number of hydrogen-bond donors (Lipinski definition) is 2. The lowest BCUT2D eigenvalue weighted by Crippen LogP contribution is -2.24. The number of benzene rings is 1. The summed E-state index contributed by atoms with van der Waals surface area (Å²) >= 11 is 0. The molecule has 0 bridgehead atoms. The smallest absolute Gasteiger partial charge is 0.311 e. The van der Waals surface area contributed by atoms with Crippen molar-refractivity contribution >= 4 is 22.6 Å². The molecule has 1 aliphatic rings. The molecule has 1 amide bonds. The van der Waals surface area contributed by atoms with Gasteiger partial charge in [0.1, 0.15) is 0 Å². The van der Waals surface area contributed by atoms with E-state index in [0.717, 1.165) is 11.2 Å². The van der Waals surface area contributed by atoms with Gasteiger partial charge in [-0.05, 0) is 18.2 Å². The highest BCUT2D eigenvalue weighted by atomic mass is 16.2. The Hall–Kier alpha value is -2.48. The number of carbonyl (C=O) groups is 1. The molecule has 90 valence electrons. The molecule has 0 radical (unpaired) electrons. The van der Waals surface area contributed by atoms with Crippen molar-refractivity contribution in [2.24, 2.45) is 5.92 Å². The zero-order valence-corrected chi connectivity index (χ0v) is 9.56. The minimum Gasteiger partial charge on any atom is -0.311 e.